The Bertz CT molecular complexity index is 66.2. The normalized spacial score (nSPS) is 10.5. The molecule has 0 heterocycles. The van der Waals surface area contributed by atoms with Crippen LogP contribution in [0.3, 0.4) is 0 Å². The van der Waals surface area contributed by atoms with Gasteiger partial charge in [0.25, 0.3) is 0 Å². The molecule has 0 amide bonds. The van der Waals surface area contributed by atoms with Gasteiger partial charge in [-0.3, -0.25) is 0 Å². The van der Waals surface area contributed by atoms with Crippen molar-refractivity contribution in [2.45, 2.75) is 58.3 Å². The van der Waals surface area contributed by atoms with E-state index in [2.05, 4.69) is 27.5 Å². The first-order valence-electron chi connectivity index (χ1n) is 5.35. The molecule has 0 unspecified atom stereocenters. The molecule has 74 valence electrons. The Kier molecular flexibility index (Phi) is 11.9. The maximum atomic E-state index is 2.94. The summed E-state index contributed by atoms with van der Waals surface area (Å²) in [4.78, 5) is 0. The van der Waals surface area contributed by atoms with Crippen molar-refractivity contribution >= 4 is 16.2 Å². The van der Waals surface area contributed by atoms with Gasteiger partial charge in [0.2, 0.25) is 0 Å². The third-order valence-electron chi connectivity index (χ3n) is 2.18. The van der Waals surface area contributed by atoms with E-state index in [1.165, 1.54) is 57.9 Å². The molecule has 0 bridgehead atoms. The van der Waals surface area contributed by atoms with Crippen molar-refractivity contribution in [2.75, 3.05) is 6.54 Å². The van der Waals surface area contributed by atoms with E-state index < -0.39 is 0 Å². The summed E-state index contributed by atoms with van der Waals surface area (Å²) in [5, 5.41) is 0. The third kappa shape index (κ3) is 10.5. The quantitative estimate of drug-likeness (QED) is 0.464. The summed E-state index contributed by atoms with van der Waals surface area (Å²) < 4.78 is 2.15. The molecule has 0 saturated heterocycles. The maximum absolute atomic E-state index is 2.94. The van der Waals surface area contributed by atoms with Gasteiger partial charge in [-0.25, -0.2) is 0 Å². The minimum absolute atomic E-state index is 1.26. The fraction of sp³-hybridized carbons (Fsp3) is 1.00. The molecule has 2 N–H and O–H groups in total. The molecule has 0 rings (SSSR count). The van der Waals surface area contributed by atoms with Gasteiger partial charge in [-0.05, 0) is 0 Å². The fourth-order valence-corrected chi connectivity index (χ4v) is 1.71. The average Bonchev–Trinajstić information content (AvgIpc) is 2.10. The van der Waals surface area contributed by atoms with Crippen LogP contribution < -0.4 is 4.33 Å². The van der Waals surface area contributed by atoms with Crippen LogP contribution in [0.15, 0.2) is 0 Å². The van der Waals surface area contributed by atoms with Crippen LogP contribution in [0.25, 0.3) is 0 Å². The molecule has 0 atom stereocenters. The topological polar surface area (TPSA) is 16.6 Å². The molecule has 2 heteroatoms. The van der Waals surface area contributed by atoms with Gasteiger partial charge in [0.15, 0.2) is 0 Å². The van der Waals surface area contributed by atoms with E-state index in [9.17, 15) is 0 Å². The van der Waals surface area contributed by atoms with Crippen molar-refractivity contribution in [1.29, 1.82) is 0 Å². The Balaban J connectivity index is 2.73. The van der Waals surface area contributed by atoms with Gasteiger partial charge in [0.1, 0.15) is 0 Å². The molecule has 0 aromatic carbocycles. The summed E-state index contributed by atoms with van der Waals surface area (Å²) in [6.07, 6.45) is 11.4. The van der Waals surface area contributed by atoms with Crippen molar-refractivity contribution in [1.82, 2.24) is 0 Å². The summed E-state index contributed by atoms with van der Waals surface area (Å²) in [5.41, 5.74) is 0. The Labute approximate surface area is 85.7 Å². The SMILES string of the molecule is CCCCCCCCCC[NH2+][Se-]. The van der Waals surface area contributed by atoms with Crippen molar-refractivity contribution in [2.24, 2.45) is 0 Å². The average molecular weight is 236 g/mol. The number of hydrogen-bond acceptors (Lipinski definition) is 0. The zero-order chi connectivity index (χ0) is 9.07. The van der Waals surface area contributed by atoms with Crippen LogP contribution in [0.1, 0.15) is 58.3 Å². The van der Waals surface area contributed by atoms with Crippen molar-refractivity contribution in [3.63, 3.8) is 0 Å². The minimum atomic E-state index is 1.26. The first-order chi connectivity index (χ1) is 5.91. The summed E-state index contributed by atoms with van der Waals surface area (Å²) in [6, 6.07) is 0. The van der Waals surface area contributed by atoms with Crippen LogP contribution >= 0.6 is 0 Å². The molecule has 0 aromatic heterocycles. The van der Waals surface area contributed by atoms with E-state index in [0.29, 0.717) is 0 Å². The van der Waals surface area contributed by atoms with Crippen LogP contribution in [0.2, 0.25) is 0 Å². The Hall–Kier alpha value is 0.479. The first kappa shape index (κ1) is 12.5. The summed E-state index contributed by atoms with van der Waals surface area (Å²) >= 11 is 2.94. The Morgan fingerprint density at radius 3 is 1.83 bits per heavy atom. The molecule has 0 fully saturated rings. The first-order valence-corrected chi connectivity index (χ1v) is 6.34. The van der Waals surface area contributed by atoms with Gasteiger partial charge in [0, 0.05) is 0 Å². The number of unbranched alkanes of at least 4 members (excludes halogenated alkanes) is 7. The van der Waals surface area contributed by atoms with Gasteiger partial charge < -0.3 is 0 Å². The molecule has 0 aliphatic rings. The van der Waals surface area contributed by atoms with E-state index in [-0.39, 0.29) is 0 Å². The molecule has 0 radical (unpaired) electrons. The van der Waals surface area contributed by atoms with Crippen molar-refractivity contribution < 1.29 is 4.33 Å². The summed E-state index contributed by atoms with van der Waals surface area (Å²) in [7, 11) is 0. The van der Waals surface area contributed by atoms with E-state index in [1.807, 2.05) is 0 Å². The van der Waals surface area contributed by atoms with Gasteiger partial charge in [-0.2, -0.15) is 0 Å². The van der Waals surface area contributed by atoms with Crippen LogP contribution in [-0.4, -0.2) is 22.8 Å². The molecular weight excluding hydrogens is 213 g/mol. The number of hydrogen-bond donors (Lipinski definition) is 1. The second kappa shape index (κ2) is 11.5. The number of nitrogens with two attached hydrogens (primary N) is 1. The van der Waals surface area contributed by atoms with Gasteiger partial charge in [-0.15, -0.1) is 0 Å². The predicted molar refractivity (Wildman–Crippen MR) is 55.2 cm³/mol. The molecule has 0 aromatic rings. The third-order valence-corrected chi connectivity index (χ3v) is 2.67. The van der Waals surface area contributed by atoms with E-state index in [1.54, 1.807) is 0 Å². The summed E-state index contributed by atoms with van der Waals surface area (Å²) in [5.74, 6) is 0. The standard InChI is InChI=1S/C10H23NSe/c1-2-3-4-5-6-7-8-9-10-11-12/h2-11H2,1H3. The van der Waals surface area contributed by atoms with Gasteiger partial charge in [-0.1, -0.05) is 0 Å². The molecule has 0 saturated carbocycles. The van der Waals surface area contributed by atoms with E-state index >= 15 is 0 Å². The second-order valence-electron chi connectivity index (χ2n) is 3.43. The van der Waals surface area contributed by atoms with Crippen LogP contribution in [0.5, 0.6) is 0 Å². The number of rotatable bonds is 9. The number of quaternary nitrogens is 1. The van der Waals surface area contributed by atoms with Crippen molar-refractivity contribution in [3.05, 3.63) is 0 Å². The zero-order valence-corrected chi connectivity index (χ0v) is 10.1. The van der Waals surface area contributed by atoms with Gasteiger partial charge in [0.05, 0.1) is 0 Å². The summed E-state index contributed by atoms with van der Waals surface area (Å²) in [6.45, 7) is 3.53. The van der Waals surface area contributed by atoms with Crippen LogP contribution in [0.4, 0.5) is 0 Å². The molecule has 0 aliphatic carbocycles. The predicted octanol–water partition coefficient (Wildman–Crippen LogP) is 1.77. The van der Waals surface area contributed by atoms with Crippen LogP contribution in [0, 0.1) is 0 Å². The van der Waals surface area contributed by atoms with E-state index in [0.717, 1.165) is 0 Å². The fourth-order valence-electron chi connectivity index (χ4n) is 1.36. The Morgan fingerprint density at radius 1 is 0.833 bits per heavy atom. The second-order valence-corrected chi connectivity index (χ2v) is 4.13. The molecule has 0 spiro atoms. The molecule has 12 heavy (non-hydrogen) atoms. The molecular formula is C10H23NSe. The monoisotopic (exact) mass is 237 g/mol. The van der Waals surface area contributed by atoms with Gasteiger partial charge >= 0.3 is 85.4 Å². The van der Waals surface area contributed by atoms with Crippen LogP contribution in [-0.2, 0) is 0 Å². The zero-order valence-electron chi connectivity index (χ0n) is 8.35. The van der Waals surface area contributed by atoms with Crippen molar-refractivity contribution in [3.8, 4) is 0 Å². The Morgan fingerprint density at radius 2 is 1.33 bits per heavy atom. The molecule has 1 nitrogen and oxygen atoms in total. The molecule has 0 aliphatic heterocycles. The van der Waals surface area contributed by atoms with E-state index in [4.69, 9.17) is 0 Å².